The average Bonchev–Trinajstić information content (AvgIpc) is 2.87. The van der Waals surface area contributed by atoms with Crippen LogP contribution in [0.15, 0.2) is 71.6 Å². The van der Waals surface area contributed by atoms with Crippen LogP contribution in [0.1, 0.15) is 25.3 Å². The monoisotopic (exact) mass is 619 g/mol. The molecule has 1 amide bonds. The van der Waals surface area contributed by atoms with E-state index in [9.17, 15) is 13.2 Å². The lowest BCUT2D eigenvalue weighted by molar-refractivity contribution is -0.127. The van der Waals surface area contributed by atoms with Gasteiger partial charge in [-0.2, -0.15) is 4.72 Å². The van der Waals surface area contributed by atoms with Gasteiger partial charge in [-0.05, 0) is 94.9 Å². The maximum Gasteiger partial charge on any atom is 0.245 e. The highest BCUT2D eigenvalue weighted by atomic mass is 127. The first-order chi connectivity index (χ1) is 17.1. The van der Waals surface area contributed by atoms with Crippen LogP contribution in [0.25, 0.3) is 10.8 Å². The van der Waals surface area contributed by atoms with Crippen LogP contribution in [0.4, 0.5) is 0 Å². The van der Waals surface area contributed by atoms with Crippen molar-refractivity contribution in [3.63, 3.8) is 0 Å². The van der Waals surface area contributed by atoms with Crippen molar-refractivity contribution >= 4 is 55.3 Å². The molecule has 10 heteroatoms. The van der Waals surface area contributed by atoms with Crippen molar-refractivity contribution < 1.29 is 13.2 Å². The third-order valence-corrected chi connectivity index (χ3v) is 8.94. The number of halogens is 1. The van der Waals surface area contributed by atoms with Gasteiger partial charge in [0.1, 0.15) is 5.54 Å². The quantitative estimate of drug-likeness (QED) is 0.183. The van der Waals surface area contributed by atoms with Crippen LogP contribution >= 0.6 is 22.6 Å². The molecule has 1 fully saturated rings. The summed E-state index contributed by atoms with van der Waals surface area (Å²) in [4.78, 5) is 15.6. The van der Waals surface area contributed by atoms with Crippen molar-refractivity contribution in [1.82, 2.24) is 14.9 Å². The molecular weight excluding hydrogens is 589 g/mol. The fourth-order valence-corrected chi connectivity index (χ4v) is 6.26. The minimum atomic E-state index is -4.01. The normalized spacial score (nSPS) is 17.9. The van der Waals surface area contributed by atoms with E-state index in [1.807, 2.05) is 36.4 Å². The number of nitrogens with one attached hydrogen (secondary N) is 3. The van der Waals surface area contributed by atoms with Crippen molar-refractivity contribution in [2.45, 2.75) is 30.2 Å². The molecule has 0 bridgehead atoms. The molecule has 3 aromatic carbocycles. The van der Waals surface area contributed by atoms with E-state index in [1.54, 1.807) is 30.0 Å². The van der Waals surface area contributed by atoms with Gasteiger partial charge in [0.2, 0.25) is 15.9 Å². The van der Waals surface area contributed by atoms with Gasteiger partial charge in [0, 0.05) is 23.2 Å². The lowest BCUT2D eigenvalue weighted by Gasteiger charge is -2.34. The second-order valence-corrected chi connectivity index (χ2v) is 12.2. The topological polar surface area (TPSA) is 128 Å². The minimum absolute atomic E-state index is 0.0253. The first kappa shape index (κ1) is 26.4. The molecule has 1 aliphatic rings. The molecule has 0 spiro atoms. The molecule has 3 aromatic rings. The fraction of sp³-hybridized carbons (Fsp3) is 0.308. The minimum Gasteiger partial charge on any atom is -0.370 e. The Morgan fingerprint density at radius 1 is 1.14 bits per heavy atom. The molecule has 5 N–H and O–H groups in total. The van der Waals surface area contributed by atoms with E-state index in [4.69, 9.17) is 11.1 Å². The molecule has 190 valence electrons. The van der Waals surface area contributed by atoms with Crippen LogP contribution in [0.5, 0.6) is 0 Å². The van der Waals surface area contributed by atoms with Gasteiger partial charge in [0.25, 0.3) is 0 Å². The summed E-state index contributed by atoms with van der Waals surface area (Å²) in [6.45, 7) is 3.26. The predicted molar refractivity (Wildman–Crippen MR) is 150 cm³/mol. The average molecular weight is 620 g/mol. The largest absolute Gasteiger partial charge is 0.370 e. The van der Waals surface area contributed by atoms with Crippen LogP contribution < -0.4 is 15.8 Å². The Morgan fingerprint density at radius 3 is 2.53 bits per heavy atom. The summed E-state index contributed by atoms with van der Waals surface area (Å²) in [7, 11) is -4.01. The molecule has 2 atom stereocenters. The Hall–Kier alpha value is -2.70. The second-order valence-electron chi connectivity index (χ2n) is 9.30. The van der Waals surface area contributed by atoms with E-state index < -0.39 is 21.5 Å². The number of rotatable bonds is 7. The molecule has 8 nitrogen and oxygen atoms in total. The number of amides is 1. The molecule has 0 aliphatic carbocycles. The number of nitrogens with two attached hydrogens (primary N) is 1. The number of sulfonamides is 1. The Morgan fingerprint density at radius 2 is 1.83 bits per heavy atom. The molecule has 4 rings (SSSR count). The van der Waals surface area contributed by atoms with E-state index in [2.05, 4.69) is 32.6 Å². The van der Waals surface area contributed by atoms with E-state index in [0.29, 0.717) is 18.7 Å². The molecule has 1 aliphatic heterocycles. The Bertz CT molecular complexity index is 1380. The van der Waals surface area contributed by atoms with Gasteiger partial charge in [-0.3, -0.25) is 10.2 Å². The maximum absolute atomic E-state index is 13.7. The lowest BCUT2D eigenvalue weighted by Crippen LogP contribution is -2.55. The van der Waals surface area contributed by atoms with Gasteiger partial charge >= 0.3 is 0 Å². The van der Waals surface area contributed by atoms with Crippen molar-refractivity contribution in [3.8, 4) is 0 Å². The standard InChI is InChI=1S/C26H30IN5O3S/c1-26(21-9-8-19-6-2-3-7-20(19)15-21,31-36(34,35)23-12-10-22(27)11-13-23)24(33)30-16-18-5-4-14-32(17-18)25(28)29/h2-3,6-13,15,18,31H,4-5,14,16-17H2,1H3,(H3,28,29)(H,30,33)/t18-,26-/m1/s1. The highest BCUT2D eigenvalue weighted by molar-refractivity contribution is 14.1. The summed E-state index contributed by atoms with van der Waals surface area (Å²) in [5.74, 6) is -0.301. The van der Waals surface area contributed by atoms with Crippen molar-refractivity contribution in [3.05, 3.63) is 75.9 Å². The summed E-state index contributed by atoms with van der Waals surface area (Å²) in [5, 5.41) is 12.6. The molecule has 0 unspecified atom stereocenters. The first-order valence-corrected chi connectivity index (χ1v) is 14.3. The molecule has 0 saturated carbocycles. The summed E-state index contributed by atoms with van der Waals surface area (Å²) < 4.78 is 30.4. The van der Waals surface area contributed by atoms with Gasteiger partial charge in [0.15, 0.2) is 5.96 Å². The Labute approximate surface area is 225 Å². The van der Waals surface area contributed by atoms with E-state index in [1.165, 1.54) is 12.1 Å². The van der Waals surface area contributed by atoms with Crippen molar-refractivity contribution in [2.75, 3.05) is 19.6 Å². The smallest absolute Gasteiger partial charge is 0.245 e. The summed E-state index contributed by atoms with van der Waals surface area (Å²) >= 11 is 2.11. The zero-order valence-electron chi connectivity index (χ0n) is 20.0. The van der Waals surface area contributed by atoms with Crippen LogP contribution in [-0.2, 0) is 20.4 Å². The molecular formula is C26H30IN5O3S. The summed E-state index contributed by atoms with van der Waals surface area (Å²) in [6, 6.07) is 19.8. The number of benzene rings is 3. The number of nitrogens with zero attached hydrogens (tertiary/aromatic N) is 1. The van der Waals surface area contributed by atoms with Crippen molar-refractivity contribution in [2.24, 2.45) is 11.7 Å². The van der Waals surface area contributed by atoms with Gasteiger partial charge in [-0.15, -0.1) is 0 Å². The molecule has 36 heavy (non-hydrogen) atoms. The van der Waals surface area contributed by atoms with Crippen LogP contribution in [0, 0.1) is 14.9 Å². The number of carbonyl (C=O) groups is 1. The number of hydrogen-bond donors (Lipinski definition) is 4. The fourth-order valence-electron chi connectivity index (χ4n) is 4.54. The number of guanidine groups is 1. The van der Waals surface area contributed by atoms with Crippen LogP contribution in [-0.4, -0.2) is 44.8 Å². The lowest BCUT2D eigenvalue weighted by atomic mass is 9.90. The molecule has 1 saturated heterocycles. The van der Waals surface area contributed by atoms with Crippen molar-refractivity contribution in [1.29, 1.82) is 5.41 Å². The predicted octanol–water partition coefficient (Wildman–Crippen LogP) is 3.36. The molecule has 0 aromatic heterocycles. The molecule has 1 heterocycles. The Balaban J connectivity index is 1.64. The first-order valence-electron chi connectivity index (χ1n) is 11.7. The number of likely N-dealkylation sites (tertiary alicyclic amines) is 1. The highest BCUT2D eigenvalue weighted by Crippen LogP contribution is 2.28. The second kappa shape index (κ2) is 10.7. The van der Waals surface area contributed by atoms with E-state index in [0.717, 1.165) is 33.7 Å². The summed E-state index contributed by atoms with van der Waals surface area (Å²) in [5.41, 5.74) is 4.64. The zero-order chi connectivity index (χ0) is 25.9. The van der Waals surface area contributed by atoms with E-state index >= 15 is 0 Å². The number of hydrogen-bond acceptors (Lipinski definition) is 4. The van der Waals surface area contributed by atoms with E-state index in [-0.39, 0.29) is 16.8 Å². The third-order valence-electron chi connectivity index (χ3n) is 6.65. The van der Waals surface area contributed by atoms with Gasteiger partial charge in [-0.1, -0.05) is 36.4 Å². The van der Waals surface area contributed by atoms with Gasteiger partial charge in [-0.25, -0.2) is 8.42 Å². The van der Waals surface area contributed by atoms with Gasteiger partial charge < -0.3 is 16.0 Å². The SMILES string of the molecule is C[C@](NS(=O)(=O)c1ccc(I)cc1)(C(=O)NC[C@H]1CCCN(C(=N)N)C1)c1ccc2ccccc2c1. The van der Waals surface area contributed by atoms with Crippen LogP contribution in [0.3, 0.4) is 0 Å². The number of fused-ring (bicyclic) bond motifs is 1. The van der Waals surface area contributed by atoms with Gasteiger partial charge in [0.05, 0.1) is 4.90 Å². The third kappa shape index (κ3) is 5.81. The highest BCUT2D eigenvalue weighted by Gasteiger charge is 2.40. The number of carbonyl (C=O) groups excluding carboxylic acids is 1. The van der Waals surface area contributed by atoms with Crippen LogP contribution in [0.2, 0.25) is 0 Å². The maximum atomic E-state index is 13.7. The summed E-state index contributed by atoms with van der Waals surface area (Å²) in [6.07, 6.45) is 1.77. The number of piperidine rings is 1. The molecule has 0 radical (unpaired) electrons. The Kier molecular flexibility index (Phi) is 7.86. The zero-order valence-corrected chi connectivity index (χ0v) is 23.0.